The summed E-state index contributed by atoms with van der Waals surface area (Å²) >= 11 is 0. The van der Waals surface area contributed by atoms with Gasteiger partial charge in [-0.2, -0.15) is 0 Å². The fourth-order valence-corrected chi connectivity index (χ4v) is 3.08. The van der Waals surface area contributed by atoms with E-state index in [4.69, 9.17) is 10.5 Å². The van der Waals surface area contributed by atoms with E-state index in [1.165, 1.54) is 0 Å². The number of imidazole rings is 1. The summed E-state index contributed by atoms with van der Waals surface area (Å²) in [6, 6.07) is 19.4. The molecule has 2 N–H and O–H groups in total. The van der Waals surface area contributed by atoms with Crippen LogP contribution in [0.4, 0.5) is 0 Å². The van der Waals surface area contributed by atoms with Crippen molar-refractivity contribution >= 4 is 5.97 Å². The van der Waals surface area contributed by atoms with Gasteiger partial charge in [-0.1, -0.05) is 60.7 Å². The fourth-order valence-electron chi connectivity index (χ4n) is 3.08. The first kappa shape index (κ1) is 17.9. The third-order valence-electron chi connectivity index (χ3n) is 4.28. The zero-order valence-corrected chi connectivity index (χ0v) is 15.1. The van der Waals surface area contributed by atoms with Gasteiger partial charge >= 0.3 is 5.97 Å². The first-order chi connectivity index (χ1) is 12.6. The van der Waals surface area contributed by atoms with Crippen molar-refractivity contribution in [1.29, 1.82) is 0 Å². The monoisotopic (exact) mass is 349 g/mol. The summed E-state index contributed by atoms with van der Waals surface area (Å²) in [4.78, 5) is 17.0. The van der Waals surface area contributed by atoms with E-state index in [9.17, 15) is 4.79 Å². The molecule has 0 amide bonds. The lowest BCUT2D eigenvalue weighted by atomic mass is 10.1. The zero-order chi connectivity index (χ0) is 18.5. The third kappa shape index (κ3) is 3.68. The highest BCUT2D eigenvalue weighted by Gasteiger charge is 2.25. The molecule has 5 nitrogen and oxygen atoms in total. The van der Waals surface area contributed by atoms with Gasteiger partial charge in [-0.05, 0) is 18.9 Å². The summed E-state index contributed by atoms with van der Waals surface area (Å²) in [5.74, 6) is 0.232. The predicted octanol–water partition coefficient (Wildman–Crippen LogP) is 3.51. The second kappa shape index (κ2) is 7.97. The van der Waals surface area contributed by atoms with Gasteiger partial charge in [0.05, 0.1) is 18.3 Å². The first-order valence-electron chi connectivity index (χ1n) is 8.70. The van der Waals surface area contributed by atoms with Gasteiger partial charge in [0.2, 0.25) is 0 Å². The van der Waals surface area contributed by atoms with E-state index >= 15 is 0 Å². The molecule has 0 unspecified atom stereocenters. The van der Waals surface area contributed by atoms with E-state index in [0.717, 1.165) is 16.8 Å². The smallest absolute Gasteiger partial charge is 0.359 e. The second-order valence-electron chi connectivity index (χ2n) is 6.11. The van der Waals surface area contributed by atoms with Crippen LogP contribution < -0.4 is 5.73 Å². The lowest BCUT2D eigenvalue weighted by Crippen LogP contribution is -2.18. The van der Waals surface area contributed by atoms with Crippen molar-refractivity contribution in [2.75, 3.05) is 6.61 Å². The Balaban J connectivity index is 2.02. The molecule has 0 saturated heterocycles. The van der Waals surface area contributed by atoms with Crippen LogP contribution in [0.5, 0.6) is 0 Å². The molecule has 134 valence electrons. The molecule has 26 heavy (non-hydrogen) atoms. The summed E-state index contributed by atoms with van der Waals surface area (Å²) in [5.41, 5.74) is 9.49. The van der Waals surface area contributed by atoms with Gasteiger partial charge in [0, 0.05) is 12.6 Å². The zero-order valence-electron chi connectivity index (χ0n) is 15.1. The standard InChI is InChI=1S/C21H23N3O2/c1-3-26-21(25)18-19(16-12-8-5-9-13-16)24(2)20(23-18)17(22)14-15-10-6-4-7-11-15/h4-13,17H,3,14,22H2,1-2H3/t17-/m0/s1. The SMILES string of the molecule is CCOC(=O)c1nc([C@@H](N)Cc2ccccc2)n(C)c1-c1ccccc1. The number of esters is 1. The third-order valence-corrected chi connectivity index (χ3v) is 4.28. The molecule has 0 aliphatic heterocycles. The molecule has 0 saturated carbocycles. The Morgan fingerprint density at radius 1 is 1.12 bits per heavy atom. The number of hydrogen-bond donors (Lipinski definition) is 1. The maximum atomic E-state index is 12.4. The van der Waals surface area contributed by atoms with Crippen molar-refractivity contribution in [1.82, 2.24) is 9.55 Å². The van der Waals surface area contributed by atoms with Crippen LogP contribution in [0, 0.1) is 0 Å². The van der Waals surface area contributed by atoms with Gasteiger partial charge in [-0.25, -0.2) is 9.78 Å². The minimum absolute atomic E-state index is 0.301. The summed E-state index contributed by atoms with van der Waals surface area (Å²) in [5, 5.41) is 0. The van der Waals surface area contributed by atoms with Crippen molar-refractivity contribution in [3.63, 3.8) is 0 Å². The molecule has 0 radical (unpaired) electrons. The van der Waals surface area contributed by atoms with Crippen LogP contribution in [0.3, 0.4) is 0 Å². The van der Waals surface area contributed by atoms with Crippen molar-refractivity contribution in [2.24, 2.45) is 12.8 Å². The van der Waals surface area contributed by atoms with Gasteiger partial charge in [0.25, 0.3) is 0 Å². The summed E-state index contributed by atoms with van der Waals surface area (Å²) in [6.07, 6.45) is 0.641. The molecule has 0 spiro atoms. The second-order valence-corrected chi connectivity index (χ2v) is 6.11. The minimum Gasteiger partial charge on any atom is -0.461 e. The summed E-state index contributed by atoms with van der Waals surface area (Å²) < 4.78 is 7.10. The Bertz CT molecular complexity index is 873. The Kier molecular flexibility index (Phi) is 5.49. The van der Waals surface area contributed by atoms with E-state index in [2.05, 4.69) is 4.98 Å². The molecule has 2 aromatic carbocycles. The van der Waals surface area contributed by atoms with E-state index in [1.54, 1.807) is 6.92 Å². The number of benzene rings is 2. The van der Waals surface area contributed by atoms with Crippen LogP contribution in [0.15, 0.2) is 60.7 Å². The number of aromatic nitrogens is 2. The van der Waals surface area contributed by atoms with Gasteiger partial charge in [-0.15, -0.1) is 0 Å². The molecular formula is C21H23N3O2. The average molecular weight is 349 g/mol. The van der Waals surface area contributed by atoms with Crippen LogP contribution >= 0.6 is 0 Å². The van der Waals surface area contributed by atoms with Gasteiger partial charge in [-0.3, -0.25) is 0 Å². The van der Waals surface area contributed by atoms with Gasteiger partial charge in [0.15, 0.2) is 5.69 Å². The average Bonchev–Trinajstić information content (AvgIpc) is 3.01. The van der Waals surface area contributed by atoms with E-state index in [1.807, 2.05) is 72.3 Å². The maximum absolute atomic E-state index is 12.4. The van der Waals surface area contributed by atoms with Crippen molar-refractivity contribution < 1.29 is 9.53 Å². The number of rotatable bonds is 6. The molecule has 3 rings (SSSR count). The van der Waals surface area contributed by atoms with Crippen LogP contribution in [0.1, 0.15) is 34.8 Å². The number of hydrogen-bond acceptors (Lipinski definition) is 4. The first-order valence-corrected chi connectivity index (χ1v) is 8.70. The molecule has 0 bridgehead atoms. The number of nitrogens with two attached hydrogens (primary N) is 1. The number of carbonyl (C=O) groups is 1. The number of nitrogens with zero attached hydrogens (tertiary/aromatic N) is 2. The Hall–Kier alpha value is -2.92. The van der Waals surface area contributed by atoms with Gasteiger partial charge in [0.1, 0.15) is 5.82 Å². The fraction of sp³-hybridized carbons (Fsp3) is 0.238. The molecule has 1 heterocycles. The molecular weight excluding hydrogens is 326 g/mol. The Morgan fingerprint density at radius 3 is 2.35 bits per heavy atom. The van der Waals surface area contributed by atoms with Gasteiger partial charge < -0.3 is 15.0 Å². The number of ether oxygens (including phenoxy) is 1. The highest BCUT2D eigenvalue weighted by atomic mass is 16.5. The quantitative estimate of drug-likeness (QED) is 0.692. The topological polar surface area (TPSA) is 70.1 Å². The van der Waals surface area contributed by atoms with E-state index in [-0.39, 0.29) is 6.04 Å². The van der Waals surface area contributed by atoms with Crippen LogP contribution in [0.2, 0.25) is 0 Å². The van der Waals surface area contributed by atoms with Crippen molar-refractivity contribution in [3.8, 4) is 11.3 Å². The largest absolute Gasteiger partial charge is 0.461 e. The van der Waals surface area contributed by atoms with Crippen molar-refractivity contribution in [3.05, 3.63) is 77.7 Å². The number of carbonyl (C=O) groups excluding carboxylic acids is 1. The minimum atomic E-state index is -0.430. The molecule has 0 aliphatic rings. The Morgan fingerprint density at radius 2 is 1.73 bits per heavy atom. The molecule has 3 aromatic rings. The van der Waals surface area contributed by atoms with E-state index in [0.29, 0.717) is 24.5 Å². The highest BCUT2D eigenvalue weighted by Crippen LogP contribution is 2.28. The van der Waals surface area contributed by atoms with E-state index < -0.39 is 5.97 Å². The molecule has 0 aliphatic carbocycles. The summed E-state index contributed by atoms with van der Waals surface area (Å²) in [7, 11) is 1.89. The predicted molar refractivity (Wildman–Crippen MR) is 102 cm³/mol. The normalized spacial score (nSPS) is 12.0. The Labute approximate surface area is 153 Å². The molecule has 0 fully saturated rings. The van der Waals surface area contributed by atoms with Crippen LogP contribution in [0.25, 0.3) is 11.3 Å². The maximum Gasteiger partial charge on any atom is 0.359 e. The highest BCUT2D eigenvalue weighted by molar-refractivity contribution is 5.94. The lowest BCUT2D eigenvalue weighted by Gasteiger charge is -2.13. The lowest BCUT2D eigenvalue weighted by molar-refractivity contribution is 0.0521. The van der Waals surface area contributed by atoms with Crippen molar-refractivity contribution in [2.45, 2.75) is 19.4 Å². The van der Waals surface area contributed by atoms with Crippen LogP contribution in [-0.4, -0.2) is 22.1 Å². The molecule has 1 aromatic heterocycles. The molecule has 5 heteroatoms. The molecule has 1 atom stereocenters. The summed E-state index contributed by atoms with van der Waals surface area (Å²) in [6.45, 7) is 2.08. The van der Waals surface area contributed by atoms with Crippen LogP contribution in [-0.2, 0) is 18.2 Å².